The van der Waals surface area contributed by atoms with Crippen LogP contribution in [0.2, 0.25) is 0 Å². The second kappa shape index (κ2) is 22.1. The van der Waals surface area contributed by atoms with Gasteiger partial charge in [0.15, 0.2) is 0 Å². The summed E-state index contributed by atoms with van der Waals surface area (Å²) < 4.78 is 20.9. The highest BCUT2D eigenvalue weighted by molar-refractivity contribution is 6.22. The molecule has 0 aliphatic heterocycles. The van der Waals surface area contributed by atoms with Gasteiger partial charge < -0.3 is 18.2 Å². The number of anilines is 3. The largest absolute Gasteiger partial charge is 0.456 e. The summed E-state index contributed by atoms with van der Waals surface area (Å²) in [4.78, 5) is 2.64. The topological polar surface area (TPSA) is 42.7 Å². The number of rotatable bonds is 4. The van der Waals surface area contributed by atoms with Crippen LogP contribution in [0.3, 0.4) is 0 Å². The quantitative estimate of drug-likeness (QED) is 0.176. The Morgan fingerprint density at radius 2 is 0.504 bits per heavy atom. The number of hydrogen-bond acceptors (Lipinski definition) is 4. The molecule has 0 unspecified atom stereocenters. The third-order valence-corrected chi connectivity index (χ3v) is 30.3. The van der Waals surface area contributed by atoms with Crippen LogP contribution < -0.4 is 4.90 Å². The Labute approximate surface area is 698 Å². The summed E-state index contributed by atoms with van der Waals surface area (Å²) in [6, 6.07) is 137. The van der Waals surface area contributed by atoms with Crippen LogP contribution in [0.15, 0.2) is 371 Å². The normalized spacial score (nSPS) is 15.6. The van der Waals surface area contributed by atoms with Crippen molar-refractivity contribution in [3.63, 3.8) is 0 Å². The average molecular weight is 1540 g/mol. The SMILES string of the molecule is CC1(C)c2cc(N(c3ccc4c(c3)C3(c5ccccc5-c5ccccc53)c3cc5c(cc3-4)C3(c4ccccc4-c4ccccc43)c3ccc4oc6ccccc6c4c3-5)c3ccc4c(c3)C3(c5ccccc5-c5ccccc53)c3cc(-c5ccccc5)c5oc6ccccc6c5c3-4)ccc2-c2cc3c(cc21)-c1c(ccc2oc4ccccc4c12)C3(C)C. The third kappa shape index (κ3) is 7.54. The lowest BCUT2D eigenvalue weighted by molar-refractivity contribution is 0.651. The number of furan rings is 3. The summed E-state index contributed by atoms with van der Waals surface area (Å²) in [6.45, 7) is 9.78. The van der Waals surface area contributed by atoms with Crippen LogP contribution in [0.25, 0.3) is 166 Å². The molecule has 0 fully saturated rings. The maximum Gasteiger partial charge on any atom is 0.143 e. The predicted octanol–water partition coefficient (Wildman–Crippen LogP) is 30.2. The van der Waals surface area contributed by atoms with Crippen molar-refractivity contribution in [3.05, 3.63) is 447 Å². The van der Waals surface area contributed by atoms with Crippen molar-refractivity contribution in [2.24, 2.45) is 0 Å². The van der Waals surface area contributed by atoms with E-state index in [1.807, 2.05) is 0 Å². The standard InChI is InChI=1S/C117H71NO3/c1-113(2)91-52-54-104-109(77-34-14-23-43-101(77)119-104)107(91)83-62-94-81(60-95(83)113)74-49-46-65(56-93(74)114(94,3)4)118(67-48-51-76-97(58-67)117(89-41-21-12-32-72(89)73-33-13-22-42-90(73)117)100-59-80(64-26-6-5-7-27-64)112-111(106(76)100)79-36-16-25-45-103(79)121-112)66-47-50-75-82-61-99-84(63-98(82)116(96(75)57-66)87-39-19-10-30-70(87)71-31-11-20-40-88(71)116)108-92(53-55-105-110(108)78-35-15-24-44-102(78)120-105)115(99)85-37-17-8-28-68(85)69-29-9-18-38-86(69)115/h5-63H,1-4H3. The van der Waals surface area contributed by atoms with Crippen molar-refractivity contribution >= 4 is 82.9 Å². The molecule has 3 aromatic heterocycles. The minimum absolute atomic E-state index is 0.272. The Morgan fingerprint density at radius 1 is 0.190 bits per heavy atom. The molecule has 8 aliphatic carbocycles. The van der Waals surface area contributed by atoms with E-state index in [0.29, 0.717) is 0 Å². The fourth-order valence-corrected chi connectivity index (χ4v) is 25.5. The van der Waals surface area contributed by atoms with Gasteiger partial charge in [-0.25, -0.2) is 0 Å². The van der Waals surface area contributed by atoms with Crippen LogP contribution in [0.1, 0.15) is 117 Å². The summed E-state index contributed by atoms with van der Waals surface area (Å²) in [7, 11) is 0. The van der Waals surface area contributed by atoms with Gasteiger partial charge in [0.2, 0.25) is 0 Å². The number of hydrogen-bond donors (Lipinski definition) is 0. The van der Waals surface area contributed by atoms with Crippen LogP contribution in [-0.2, 0) is 27.1 Å². The monoisotopic (exact) mass is 1540 g/mol. The van der Waals surface area contributed by atoms with Crippen LogP contribution in [0.4, 0.5) is 17.1 Å². The fraction of sp³-hybridized carbons (Fsp3) is 0.0769. The van der Waals surface area contributed by atoms with Crippen LogP contribution >= 0.6 is 0 Å². The first-order chi connectivity index (χ1) is 59.5. The molecule has 0 bridgehead atoms. The van der Waals surface area contributed by atoms with Crippen molar-refractivity contribution in [1.82, 2.24) is 0 Å². The lowest BCUT2D eigenvalue weighted by Gasteiger charge is -2.34. The molecule has 121 heavy (non-hydrogen) atoms. The molecule has 3 spiro atoms. The first-order valence-corrected chi connectivity index (χ1v) is 42.7. The van der Waals surface area contributed by atoms with Crippen molar-refractivity contribution in [3.8, 4) is 100 Å². The number of fused-ring (bicyclic) bond motifs is 48. The Morgan fingerprint density at radius 3 is 1.04 bits per heavy atom. The Kier molecular flexibility index (Phi) is 11.9. The molecular formula is C117H71NO3. The van der Waals surface area contributed by atoms with Crippen LogP contribution in [-0.4, -0.2) is 0 Å². The molecule has 29 rings (SSSR count). The van der Waals surface area contributed by atoms with E-state index in [0.717, 1.165) is 88.6 Å². The van der Waals surface area contributed by atoms with Crippen LogP contribution in [0, 0.1) is 0 Å². The van der Waals surface area contributed by atoms with E-state index in [1.54, 1.807) is 0 Å². The van der Waals surface area contributed by atoms with Gasteiger partial charge in [-0.3, -0.25) is 0 Å². The molecule has 0 atom stereocenters. The zero-order valence-corrected chi connectivity index (χ0v) is 66.7. The first kappa shape index (κ1) is 65.2. The predicted molar refractivity (Wildman–Crippen MR) is 492 cm³/mol. The van der Waals surface area contributed by atoms with E-state index < -0.39 is 21.7 Å². The molecule has 3 heterocycles. The van der Waals surface area contributed by atoms with Crippen molar-refractivity contribution in [2.45, 2.75) is 54.8 Å². The third-order valence-electron chi connectivity index (χ3n) is 30.3. The summed E-state index contributed by atoms with van der Waals surface area (Å²) >= 11 is 0. The molecule has 4 nitrogen and oxygen atoms in total. The maximum atomic E-state index is 7.25. The zero-order valence-electron chi connectivity index (χ0n) is 66.7. The molecule has 8 aliphatic rings. The Hall–Kier alpha value is -14.8. The molecule has 21 aromatic rings. The molecule has 0 saturated heterocycles. The number of benzene rings is 18. The fourth-order valence-electron chi connectivity index (χ4n) is 25.5. The lowest BCUT2D eigenvalue weighted by Crippen LogP contribution is -2.27. The van der Waals surface area contributed by atoms with Crippen LogP contribution in [0.5, 0.6) is 0 Å². The van der Waals surface area contributed by atoms with Crippen molar-refractivity contribution in [2.75, 3.05) is 4.90 Å². The minimum atomic E-state index is -0.777. The van der Waals surface area contributed by atoms with Gasteiger partial charge in [0.25, 0.3) is 0 Å². The van der Waals surface area contributed by atoms with E-state index in [2.05, 4.69) is 391 Å². The van der Waals surface area contributed by atoms with Gasteiger partial charge in [-0.2, -0.15) is 0 Å². The van der Waals surface area contributed by atoms with E-state index in [4.69, 9.17) is 13.3 Å². The van der Waals surface area contributed by atoms with Gasteiger partial charge in [0, 0.05) is 65.8 Å². The molecule has 0 saturated carbocycles. The van der Waals surface area contributed by atoms with Crippen molar-refractivity contribution < 1.29 is 13.3 Å². The lowest BCUT2D eigenvalue weighted by atomic mass is 9.68. The summed E-state index contributed by atoms with van der Waals surface area (Å²) in [5, 5.41) is 6.89. The van der Waals surface area contributed by atoms with E-state index >= 15 is 0 Å². The molecule has 4 heteroatoms. The number of nitrogens with zero attached hydrogens (tertiary/aromatic N) is 1. The highest BCUT2D eigenvalue weighted by Gasteiger charge is 2.59. The Bertz CT molecular complexity index is 8300. The minimum Gasteiger partial charge on any atom is -0.456 e. The second-order valence-corrected chi connectivity index (χ2v) is 36.1. The van der Waals surface area contributed by atoms with Gasteiger partial charge in [0.1, 0.15) is 33.5 Å². The average Bonchev–Trinajstić information content (AvgIpc) is 1.48. The van der Waals surface area contributed by atoms with Gasteiger partial charge in [-0.1, -0.05) is 289 Å². The molecule has 0 amide bonds. The summed E-state index contributed by atoms with van der Waals surface area (Å²) in [5.41, 5.74) is 48.8. The van der Waals surface area contributed by atoms with E-state index in [-0.39, 0.29) is 5.41 Å². The van der Waals surface area contributed by atoms with Crippen molar-refractivity contribution in [1.29, 1.82) is 0 Å². The smallest absolute Gasteiger partial charge is 0.143 e. The molecular weight excluding hydrogens is 1470 g/mol. The highest BCUT2D eigenvalue weighted by atomic mass is 16.3. The van der Waals surface area contributed by atoms with Gasteiger partial charge in [0.05, 0.1) is 16.2 Å². The maximum absolute atomic E-state index is 7.25. The van der Waals surface area contributed by atoms with E-state index in [1.165, 1.54) is 183 Å². The summed E-state index contributed by atoms with van der Waals surface area (Å²) in [6.07, 6.45) is 0. The number of para-hydroxylation sites is 3. The van der Waals surface area contributed by atoms with Gasteiger partial charge >= 0.3 is 0 Å². The first-order valence-electron chi connectivity index (χ1n) is 42.7. The van der Waals surface area contributed by atoms with Gasteiger partial charge in [-0.05, 0) is 281 Å². The van der Waals surface area contributed by atoms with E-state index in [9.17, 15) is 0 Å². The zero-order chi connectivity index (χ0) is 79.2. The molecule has 0 N–H and O–H groups in total. The Balaban J connectivity index is 0.711. The second-order valence-electron chi connectivity index (χ2n) is 36.1. The highest BCUT2D eigenvalue weighted by Crippen LogP contribution is 2.72. The molecule has 562 valence electrons. The molecule has 0 radical (unpaired) electrons. The summed E-state index contributed by atoms with van der Waals surface area (Å²) in [5.74, 6) is 0. The molecule has 18 aromatic carbocycles. The van der Waals surface area contributed by atoms with Gasteiger partial charge in [-0.15, -0.1) is 0 Å².